The number of ether oxygens (including phenoxy) is 1. The minimum absolute atomic E-state index is 0.192. The molecule has 0 aliphatic carbocycles. The van der Waals surface area contributed by atoms with Crippen LogP contribution < -0.4 is 16.0 Å². The second-order valence-electron chi connectivity index (χ2n) is 5.03. The number of hydrogen-bond donors (Lipinski definition) is 3. The van der Waals surface area contributed by atoms with E-state index in [1.165, 1.54) is 5.56 Å². The first-order valence-corrected chi connectivity index (χ1v) is 6.87. The van der Waals surface area contributed by atoms with E-state index in [1.54, 1.807) is 7.11 Å². The first-order valence-electron chi connectivity index (χ1n) is 6.87. The highest BCUT2D eigenvalue weighted by Crippen LogP contribution is 2.15. The lowest BCUT2D eigenvalue weighted by atomic mass is 10.1. The second kappa shape index (κ2) is 8.55. The molecule has 0 aliphatic rings. The fourth-order valence-corrected chi connectivity index (χ4v) is 1.81. The zero-order valence-electron chi connectivity index (χ0n) is 12.7. The lowest BCUT2D eigenvalue weighted by Crippen LogP contribution is -2.33. The molecule has 20 heavy (non-hydrogen) atoms. The third-order valence-electron chi connectivity index (χ3n) is 3.16. The van der Waals surface area contributed by atoms with E-state index in [1.807, 2.05) is 38.2 Å². The SMILES string of the molecule is CNC(C)c1ccc(NC(=O)NCC(C)COC)cc1. The van der Waals surface area contributed by atoms with Crippen LogP contribution in [0.1, 0.15) is 25.5 Å². The van der Waals surface area contributed by atoms with Crippen LogP contribution in [0.4, 0.5) is 10.5 Å². The van der Waals surface area contributed by atoms with Crippen LogP contribution in [0.15, 0.2) is 24.3 Å². The van der Waals surface area contributed by atoms with Gasteiger partial charge in [0, 0.05) is 25.4 Å². The van der Waals surface area contributed by atoms with E-state index < -0.39 is 0 Å². The van der Waals surface area contributed by atoms with Gasteiger partial charge in [0.25, 0.3) is 0 Å². The van der Waals surface area contributed by atoms with Gasteiger partial charge in [-0.25, -0.2) is 4.79 Å². The first kappa shape index (κ1) is 16.5. The molecule has 0 bridgehead atoms. The van der Waals surface area contributed by atoms with Crippen LogP contribution in [0.5, 0.6) is 0 Å². The Morgan fingerprint density at radius 1 is 1.25 bits per heavy atom. The summed E-state index contributed by atoms with van der Waals surface area (Å²) in [5, 5.41) is 8.81. The van der Waals surface area contributed by atoms with E-state index in [0.29, 0.717) is 25.1 Å². The molecule has 1 rings (SSSR count). The summed E-state index contributed by atoms with van der Waals surface area (Å²) >= 11 is 0. The molecule has 2 atom stereocenters. The summed E-state index contributed by atoms with van der Waals surface area (Å²) in [6, 6.07) is 7.92. The summed E-state index contributed by atoms with van der Waals surface area (Å²) < 4.78 is 5.02. The number of hydrogen-bond acceptors (Lipinski definition) is 3. The Bertz CT molecular complexity index is 406. The number of amides is 2. The van der Waals surface area contributed by atoms with Gasteiger partial charge in [0.15, 0.2) is 0 Å². The van der Waals surface area contributed by atoms with E-state index >= 15 is 0 Å². The second-order valence-corrected chi connectivity index (χ2v) is 5.03. The molecule has 0 spiro atoms. The van der Waals surface area contributed by atoms with Crippen LogP contribution in [0.3, 0.4) is 0 Å². The summed E-state index contributed by atoms with van der Waals surface area (Å²) in [4.78, 5) is 11.7. The molecule has 3 N–H and O–H groups in total. The number of benzene rings is 1. The molecule has 2 unspecified atom stereocenters. The Morgan fingerprint density at radius 2 is 1.90 bits per heavy atom. The predicted octanol–water partition coefficient (Wildman–Crippen LogP) is 2.37. The molecule has 0 heterocycles. The maximum absolute atomic E-state index is 11.7. The molecular weight excluding hydrogens is 254 g/mol. The lowest BCUT2D eigenvalue weighted by molar-refractivity contribution is 0.159. The number of carbonyl (C=O) groups excluding carboxylic acids is 1. The van der Waals surface area contributed by atoms with Crippen molar-refractivity contribution < 1.29 is 9.53 Å². The van der Waals surface area contributed by atoms with Crippen LogP contribution in [0.25, 0.3) is 0 Å². The summed E-state index contributed by atoms with van der Waals surface area (Å²) in [6.07, 6.45) is 0. The molecule has 5 heteroatoms. The zero-order valence-corrected chi connectivity index (χ0v) is 12.7. The zero-order chi connectivity index (χ0) is 15.0. The Labute approximate surface area is 121 Å². The van der Waals surface area contributed by atoms with E-state index in [-0.39, 0.29) is 6.03 Å². The van der Waals surface area contributed by atoms with E-state index in [0.717, 1.165) is 5.69 Å². The molecule has 0 aliphatic heterocycles. The number of urea groups is 1. The Morgan fingerprint density at radius 3 is 2.45 bits per heavy atom. The van der Waals surface area contributed by atoms with Crippen molar-refractivity contribution in [2.75, 3.05) is 32.6 Å². The average Bonchev–Trinajstić information content (AvgIpc) is 2.45. The fourth-order valence-electron chi connectivity index (χ4n) is 1.81. The minimum atomic E-state index is -0.192. The van der Waals surface area contributed by atoms with Gasteiger partial charge in [0.05, 0.1) is 6.61 Å². The molecule has 0 aromatic heterocycles. The van der Waals surface area contributed by atoms with Gasteiger partial charge in [-0.15, -0.1) is 0 Å². The van der Waals surface area contributed by atoms with E-state index in [4.69, 9.17) is 4.74 Å². The van der Waals surface area contributed by atoms with Gasteiger partial charge in [-0.2, -0.15) is 0 Å². The third-order valence-corrected chi connectivity index (χ3v) is 3.16. The third kappa shape index (κ3) is 5.59. The monoisotopic (exact) mass is 279 g/mol. The molecule has 0 radical (unpaired) electrons. The van der Waals surface area contributed by atoms with Crippen LogP contribution in [-0.4, -0.2) is 33.3 Å². The highest BCUT2D eigenvalue weighted by molar-refractivity contribution is 5.89. The topological polar surface area (TPSA) is 62.4 Å². The van der Waals surface area contributed by atoms with Gasteiger partial charge in [-0.3, -0.25) is 0 Å². The van der Waals surface area contributed by atoms with Gasteiger partial charge in [0.2, 0.25) is 0 Å². The Hall–Kier alpha value is -1.59. The number of nitrogens with one attached hydrogen (secondary N) is 3. The number of methoxy groups -OCH3 is 1. The lowest BCUT2D eigenvalue weighted by Gasteiger charge is -2.13. The van der Waals surface area contributed by atoms with Crippen LogP contribution in [-0.2, 0) is 4.74 Å². The highest BCUT2D eigenvalue weighted by Gasteiger charge is 2.06. The largest absolute Gasteiger partial charge is 0.384 e. The van der Waals surface area contributed by atoms with Crippen molar-refractivity contribution >= 4 is 11.7 Å². The Kier molecular flexibility index (Phi) is 7.04. The van der Waals surface area contributed by atoms with Crippen molar-refractivity contribution in [1.29, 1.82) is 0 Å². The molecule has 112 valence electrons. The van der Waals surface area contributed by atoms with Crippen LogP contribution in [0.2, 0.25) is 0 Å². The number of rotatable bonds is 7. The molecule has 1 aromatic carbocycles. The summed E-state index contributed by atoms with van der Waals surface area (Å²) in [6.45, 7) is 5.34. The molecule has 1 aromatic rings. The van der Waals surface area contributed by atoms with Gasteiger partial charge < -0.3 is 20.7 Å². The van der Waals surface area contributed by atoms with Crippen molar-refractivity contribution in [2.24, 2.45) is 5.92 Å². The average molecular weight is 279 g/mol. The number of anilines is 1. The molecule has 2 amide bonds. The minimum Gasteiger partial charge on any atom is -0.384 e. The van der Waals surface area contributed by atoms with Crippen LogP contribution in [0, 0.1) is 5.92 Å². The van der Waals surface area contributed by atoms with Crippen molar-refractivity contribution in [3.05, 3.63) is 29.8 Å². The van der Waals surface area contributed by atoms with Gasteiger partial charge in [-0.05, 0) is 37.6 Å². The maximum Gasteiger partial charge on any atom is 0.319 e. The highest BCUT2D eigenvalue weighted by atomic mass is 16.5. The normalized spacial score (nSPS) is 13.6. The number of carbonyl (C=O) groups is 1. The van der Waals surface area contributed by atoms with E-state index in [9.17, 15) is 4.79 Å². The summed E-state index contributed by atoms with van der Waals surface area (Å²) in [5.74, 6) is 0.296. The van der Waals surface area contributed by atoms with Crippen molar-refractivity contribution in [2.45, 2.75) is 19.9 Å². The first-order chi connectivity index (χ1) is 9.56. The maximum atomic E-state index is 11.7. The molecule has 0 saturated carbocycles. The summed E-state index contributed by atoms with van der Waals surface area (Å²) in [5.41, 5.74) is 1.97. The van der Waals surface area contributed by atoms with Crippen LogP contribution >= 0.6 is 0 Å². The predicted molar refractivity (Wildman–Crippen MR) is 82.0 cm³/mol. The van der Waals surface area contributed by atoms with Gasteiger partial charge in [-0.1, -0.05) is 19.1 Å². The Balaban J connectivity index is 2.42. The fraction of sp³-hybridized carbons (Fsp3) is 0.533. The van der Waals surface area contributed by atoms with Gasteiger partial charge >= 0.3 is 6.03 Å². The smallest absolute Gasteiger partial charge is 0.319 e. The summed E-state index contributed by atoms with van der Waals surface area (Å²) in [7, 11) is 3.58. The van der Waals surface area contributed by atoms with Gasteiger partial charge in [0.1, 0.15) is 0 Å². The molecule has 5 nitrogen and oxygen atoms in total. The molecule has 0 fully saturated rings. The van der Waals surface area contributed by atoms with Crippen molar-refractivity contribution in [1.82, 2.24) is 10.6 Å². The molecular formula is C15H25N3O2. The quantitative estimate of drug-likeness (QED) is 0.718. The van der Waals surface area contributed by atoms with Crippen molar-refractivity contribution in [3.8, 4) is 0 Å². The standard InChI is InChI=1S/C15H25N3O2/c1-11(10-20-4)9-17-15(19)18-14-7-5-13(6-8-14)12(2)16-3/h5-8,11-12,16H,9-10H2,1-4H3,(H2,17,18,19). The molecule has 0 saturated heterocycles. The van der Waals surface area contributed by atoms with E-state index in [2.05, 4.69) is 22.9 Å². The van der Waals surface area contributed by atoms with Crippen molar-refractivity contribution in [3.63, 3.8) is 0 Å².